The number of hydrogen-bond donors (Lipinski definition) is 1. The van der Waals surface area contributed by atoms with Crippen molar-refractivity contribution in [2.24, 2.45) is 0 Å². The van der Waals surface area contributed by atoms with Crippen LogP contribution in [0.15, 0.2) is 29.4 Å². The third-order valence-corrected chi connectivity index (χ3v) is 3.82. The van der Waals surface area contributed by atoms with Crippen molar-refractivity contribution in [3.05, 3.63) is 24.4 Å². The zero-order valence-corrected chi connectivity index (χ0v) is 9.31. The number of pyridine rings is 1. The second-order valence-electron chi connectivity index (χ2n) is 3.08. The summed E-state index contributed by atoms with van der Waals surface area (Å²) >= 11 is 0. The lowest BCUT2D eigenvalue weighted by atomic mass is 10.4. The van der Waals surface area contributed by atoms with Gasteiger partial charge in [0.1, 0.15) is 5.03 Å². The number of nitrogens with zero attached hydrogens (tertiary/aromatic N) is 1. The van der Waals surface area contributed by atoms with Gasteiger partial charge < -0.3 is 5.32 Å². The molecule has 1 N–H and O–H groups in total. The van der Waals surface area contributed by atoms with Crippen LogP contribution in [0.25, 0.3) is 0 Å². The molecule has 0 aromatic carbocycles. The Hall–Kier alpha value is -0.450. The van der Waals surface area contributed by atoms with Crippen molar-refractivity contribution in [3.8, 4) is 0 Å². The normalized spacial score (nSPS) is 22.7. The Morgan fingerprint density at radius 3 is 2.93 bits per heavy atom. The first-order valence-electron chi connectivity index (χ1n) is 4.40. The highest BCUT2D eigenvalue weighted by Crippen LogP contribution is 2.13. The second-order valence-corrected chi connectivity index (χ2v) is 4.76. The van der Waals surface area contributed by atoms with Crippen LogP contribution in [-0.2, 0) is 10.8 Å². The van der Waals surface area contributed by atoms with E-state index >= 15 is 0 Å². The highest BCUT2D eigenvalue weighted by atomic mass is 35.5. The Balaban J connectivity index is 0.000000980. The SMILES string of the molecule is Cl.O=S(c1ccccn1)[C@H]1CCNC1. The highest BCUT2D eigenvalue weighted by molar-refractivity contribution is 7.85. The van der Waals surface area contributed by atoms with Crippen molar-refractivity contribution in [1.29, 1.82) is 0 Å². The molecule has 2 rings (SSSR count). The fourth-order valence-corrected chi connectivity index (χ4v) is 2.77. The maximum Gasteiger partial charge on any atom is 0.127 e. The van der Waals surface area contributed by atoms with Crippen molar-refractivity contribution in [2.75, 3.05) is 13.1 Å². The van der Waals surface area contributed by atoms with Crippen LogP contribution in [0.5, 0.6) is 0 Å². The molecule has 14 heavy (non-hydrogen) atoms. The molecule has 1 fully saturated rings. The number of nitrogens with one attached hydrogen (secondary N) is 1. The third-order valence-electron chi connectivity index (χ3n) is 2.16. The minimum absolute atomic E-state index is 0. The number of halogens is 1. The van der Waals surface area contributed by atoms with Gasteiger partial charge in [-0.25, -0.2) is 4.98 Å². The minimum atomic E-state index is -0.932. The van der Waals surface area contributed by atoms with Gasteiger partial charge in [-0.15, -0.1) is 12.4 Å². The zero-order valence-electron chi connectivity index (χ0n) is 7.68. The topological polar surface area (TPSA) is 42.0 Å². The standard InChI is InChI=1S/C9H12N2OS.ClH/c12-13(8-4-6-10-7-8)9-3-1-2-5-11-9;/h1-3,5,8,10H,4,6-7H2;1H/t8-,13?;/m0./s1. The minimum Gasteiger partial charge on any atom is -0.315 e. The first kappa shape index (κ1) is 11.6. The van der Waals surface area contributed by atoms with Crippen LogP contribution in [-0.4, -0.2) is 27.5 Å². The van der Waals surface area contributed by atoms with Gasteiger partial charge in [0.05, 0.1) is 16.0 Å². The third kappa shape index (κ3) is 2.53. The predicted molar refractivity (Wildman–Crippen MR) is 59.2 cm³/mol. The Morgan fingerprint density at radius 2 is 2.36 bits per heavy atom. The Morgan fingerprint density at radius 1 is 1.50 bits per heavy atom. The van der Waals surface area contributed by atoms with Crippen molar-refractivity contribution < 1.29 is 4.21 Å². The van der Waals surface area contributed by atoms with Gasteiger partial charge in [0.15, 0.2) is 0 Å². The first-order chi connectivity index (χ1) is 6.38. The molecule has 2 atom stereocenters. The van der Waals surface area contributed by atoms with Crippen LogP contribution in [0.1, 0.15) is 6.42 Å². The average molecular weight is 233 g/mol. The molecule has 5 heteroatoms. The summed E-state index contributed by atoms with van der Waals surface area (Å²) < 4.78 is 11.9. The van der Waals surface area contributed by atoms with E-state index in [0.717, 1.165) is 19.5 Å². The summed E-state index contributed by atoms with van der Waals surface area (Å²) in [5.74, 6) is 0. The fourth-order valence-electron chi connectivity index (χ4n) is 1.45. The van der Waals surface area contributed by atoms with Gasteiger partial charge in [0.2, 0.25) is 0 Å². The van der Waals surface area contributed by atoms with Crippen LogP contribution in [0.4, 0.5) is 0 Å². The van der Waals surface area contributed by atoms with Crippen molar-refractivity contribution in [2.45, 2.75) is 16.7 Å². The largest absolute Gasteiger partial charge is 0.315 e. The lowest BCUT2D eigenvalue weighted by Gasteiger charge is -2.06. The molecule has 0 bridgehead atoms. The monoisotopic (exact) mass is 232 g/mol. The molecule has 2 heterocycles. The maximum atomic E-state index is 11.9. The van der Waals surface area contributed by atoms with Gasteiger partial charge >= 0.3 is 0 Å². The van der Waals surface area contributed by atoms with Crippen LogP contribution in [0, 0.1) is 0 Å². The summed E-state index contributed by atoms with van der Waals surface area (Å²) in [7, 11) is -0.932. The van der Waals surface area contributed by atoms with Crippen molar-refractivity contribution in [1.82, 2.24) is 10.3 Å². The van der Waals surface area contributed by atoms with Crippen LogP contribution >= 0.6 is 12.4 Å². The summed E-state index contributed by atoms with van der Waals surface area (Å²) in [5.41, 5.74) is 0. The zero-order chi connectivity index (χ0) is 9.10. The summed E-state index contributed by atoms with van der Waals surface area (Å²) in [6, 6.07) is 5.55. The Kier molecular flexibility index (Phi) is 4.51. The first-order valence-corrected chi connectivity index (χ1v) is 5.61. The van der Waals surface area contributed by atoms with Crippen molar-refractivity contribution in [3.63, 3.8) is 0 Å². The molecular formula is C9H13ClN2OS. The molecule has 1 saturated heterocycles. The van der Waals surface area contributed by atoms with E-state index in [9.17, 15) is 4.21 Å². The van der Waals surface area contributed by atoms with E-state index in [1.807, 2.05) is 18.2 Å². The van der Waals surface area contributed by atoms with E-state index in [1.165, 1.54) is 0 Å². The molecule has 1 aromatic rings. The van der Waals surface area contributed by atoms with E-state index in [0.29, 0.717) is 5.03 Å². The lowest BCUT2D eigenvalue weighted by molar-refractivity contribution is 0.669. The lowest BCUT2D eigenvalue weighted by Crippen LogP contribution is -2.19. The molecule has 0 radical (unpaired) electrons. The molecule has 1 aliphatic rings. The van der Waals surface area contributed by atoms with Gasteiger partial charge in [-0.3, -0.25) is 4.21 Å². The van der Waals surface area contributed by atoms with E-state index in [2.05, 4.69) is 10.3 Å². The van der Waals surface area contributed by atoms with E-state index < -0.39 is 10.8 Å². The fraction of sp³-hybridized carbons (Fsp3) is 0.444. The Bertz CT molecular complexity index is 301. The molecule has 0 amide bonds. The molecule has 0 spiro atoms. The smallest absolute Gasteiger partial charge is 0.127 e. The van der Waals surface area contributed by atoms with Gasteiger partial charge in [-0.1, -0.05) is 6.07 Å². The second kappa shape index (κ2) is 5.44. The quantitative estimate of drug-likeness (QED) is 0.827. The van der Waals surface area contributed by atoms with Crippen LogP contribution in [0.2, 0.25) is 0 Å². The summed E-state index contributed by atoms with van der Waals surface area (Å²) in [6.07, 6.45) is 2.68. The molecule has 0 aliphatic carbocycles. The molecular weight excluding hydrogens is 220 g/mol. The number of hydrogen-bond acceptors (Lipinski definition) is 3. The molecule has 1 unspecified atom stereocenters. The average Bonchev–Trinajstić information content (AvgIpc) is 2.71. The molecule has 1 aliphatic heterocycles. The summed E-state index contributed by atoms with van der Waals surface area (Å²) in [5, 5.41) is 4.15. The number of aromatic nitrogens is 1. The van der Waals surface area contributed by atoms with E-state index in [4.69, 9.17) is 0 Å². The van der Waals surface area contributed by atoms with Gasteiger partial charge in [-0.2, -0.15) is 0 Å². The predicted octanol–water partition coefficient (Wildman–Crippen LogP) is 0.973. The van der Waals surface area contributed by atoms with Crippen LogP contribution < -0.4 is 5.32 Å². The van der Waals surface area contributed by atoms with Crippen LogP contribution in [0.3, 0.4) is 0 Å². The van der Waals surface area contributed by atoms with E-state index in [-0.39, 0.29) is 17.7 Å². The molecule has 0 saturated carbocycles. The molecule has 3 nitrogen and oxygen atoms in total. The maximum absolute atomic E-state index is 11.9. The summed E-state index contributed by atoms with van der Waals surface area (Å²) in [6.45, 7) is 1.83. The van der Waals surface area contributed by atoms with Crippen molar-refractivity contribution >= 4 is 23.2 Å². The highest BCUT2D eigenvalue weighted by Gasteiger charge is 2.22. The van der Waals surface area contributed by atoms with Gasteiger partial charge in [0, 0.05) is 12.7 Å². The van der Waals surface area contributed by atoms with Gasteiger partial charge in [0.25, 0.3) is 0 Å². The molecule has 78 valence electrons. The summed E-state index contributed by atoms with van der Waals surface area (Å²) in [4.78, 5) is 4.10. The van der Waals surface area contributed by atoms with E-state index in [1.54, 1.807) is 6.20 Å². The Labute approximate surface area is 92.2 Å². The number of rotatable bonds is 2. The molecule has 1 aromatic heterocycles. The van der Waals surface area contributed by atoms with Gasteiger partial charge in [-0.05, 0) is 25.1 Å².